The number of ether oxygens (including phenoxy) is 1. The van der Waals surface area contributed by atoms with Crippen LogP contribution in [-0.4, -0.2) is 11.8 Å². The van der Waals surface area contributed by atoms with Gasteiger partial charge in [-0.1, -0.05) is 67.2 Å². The van der Waals surface area contributed by atoms with E-state index in [4.69, 9.17) is 4.74 Å². The molecule has 3 heteroatoms. The molecular weight excluding hydrogens is 276 g/mol. The molecule has 0 spiro atoms. The molecule has 2 aromatic rings. The molecule has 0 fully saturated rings. The Kier molecular flexibility index (Phi) is 5.66. The maximum Gasteiger partial charge on any atom is 0.307 e. The highest BCUT2D eigenvalue weighted by atomic mass is 16.5. The maximum atomic E-state index is 11.9. The lowest BCUT2D eigenvalue weighted by molar-refractivity contribution is -0.147. The molecule has 0 aliphatic carbocycles. The second kappa shape index (κ2) is 7.93. The summed E-state index contributed by atoms with van der Waals surface area (Å²) in [4.78, 5) is 23.8. The van der Waals surface area contributed by atoms with E-state index in [1.54, 1.807) is 30.3 Å². The summed E-state index contributed by atoms with van der Waals surface area (Å²) in [7, 11) is 0. The Morgan fingerprint density at radius 3 is 2.14 bits per heavy atom. The van der Waals surface area contributed by atoms with Gasteiger partial charge in [0.25, 0.3) is 0 Å². The van der Waals surface area contributed by atoms with Crippen molar-refractivity contribution in [1.29, 1.82) is 0 Å². The number of esters is 1. The molecule has 2 aromatic carbocycles. The first kappa shape index (κ1) is 15.7. The van der Waals surface area contributed by atoms with Crippen LogP contribution in [0.3, 0.4) is 0 Å². The average molecular weight is 294 g/mol. The van der Waals surface area contributed by atoms with Gasteiger partial charge in [-0.15, -0.1) is 0 Å². The number of Topliss-reactive ketones (excluding diaryl/α,β-unsaturated/α-hetero) is 1. The van der Waals surface area contributed by atoms with Crippen molar-refractivity contribution in [2.45, 2.75) is 18.9 Å². The van der Waals surface area contributed by atoms with Crippen molar-refractivity contribution in [3.63, 3.8) is 0 Å². The van der Waals surface area contributed by atoms with Gasteiger partial charge in [-0.05, 0) is 11.6 Å². The fraction of sp³-hybridized carbons (Fsp3) is 0.158. The topological polar surface area (TPSA) is 43.4 Å². The summed E-state index contributed by atoms with van der Waals surface area (Å²) in [5, 5.41) is 0. The summed E-state index contributed by atoms with van der Waals surface area (Å²) in [5.41, 5.74) is 1.47. The number of carbonyl (C=O) groups is 2. The highest BCUT2D eigenvalue weighted by Crippen LogP contribution is 2.19. The van der Waals surface area contributed by atoms with Crippen LogP contribution in [-0.2, 0) is 9.53 Å². The van der Waals surface area contributed by atoms with Crippen molar-refractivity contribution in [2.75, 3.05) is 0 Å². The Morgan fingerprint density at radius 1 is 0.955 bits per heavy atom. The number of hydrogen-bond acceptors (Lipinski definition) is 3. The molecule has 1 unspecified atom stereocenters. The lowest BCUT2D eigenvalue weighted by atomic mass is 10.1. The largest absolute Gasteiger partial charge is 0.453 e. The summed E-state index contributed by atoms with van der Waals surface area (Å²) in [6, 6.07) is 18.3. The molecule has 0 aliphatic rings. The van der Waals surface area contributed by atoms with Crippen molar-refractivity contribution < 1.29 is 14.3 Å². The van der Waals surface area contributed by atoms with Crippen molar-refractivity contribution in [3.8, 4) is 0 Å². The van der Waals surface area contributed by atoms with Crippen LogP contribution in [0.1, 0.15) is 34.9 Å². The molecule has 0 saturated carbocycles. The molecule has 0 aromatic heterocycles. The molecule has 3 nitrogen and oxygen atoms in total. The Morgan fingerprint density at radius 2 is 1.55 bits per heavy atom. The van der Waals surface area contributed by atoms with Gasteiger partial charge in [0.2, 0.25) is 0 Å². The van der Waals surface area contributed by atoms with E-state index in [1.807, 2.05) is 36.4 Å². The fourth-order valence-electron chi connectivity index (χ4n) is 2.08. The number of ketones is 1. The van der Waals surface area contributed by atoms with Gasteiger partial charge in [0.05, 0.1) is 6.42 Å². The van der Waals surface area contributed by atoms with Crippen LogP contribution in [0.5, 0.6) is 0 Å². The molecule has 0 amide bonds. The number of benzene rings is 2. The van der Waals surface area contributed by atoms with Gasteiger partial charge in [-0.25, -0.2) is 0 Å². The van der Waals surface area contributed by atoms with E-state index in [0.29, 0.717) is 5.56 Å². The third kappa shape index (κ3) is 4.42. The fourth-order valence-corrected chi connectivity index (χ4v) is 2.08. The van der Waals surface area contributed by atoms with Crippen LogP contribution in [0.25, 0.3) is 0 Å². The molecule has 22 heavy (non-hydrogen) atoms. The Bertz CT molecular complexity index is 632. The molecule has 0 saturated heterocycles. The second-order valence-corrected chi connectivity index (χ2v) is 4.85. The summed E-state index contributed by atoms with van der Waals surface area (Å²) in [5.74, 6) is -0.467. The Labute approximate surface area is 130 Å². The lowest BCUT2D eigenvalue weighted by Gasteiger charge is -2.14. The van der Waals surface area contributed by atoms with Gasteiger partial charge in [-0.3, -0.25) is 9.59 Å². The van der Waals surface area contributed by atoms with Crippen LogP contribution < -0.4 is 0 Å². The smallest absolute Gasteiger partial charge is 0.307 e. The van der Waals surface area contributed by atoms with Crippen LogP contribution >= 0.6 is 0 Å². The minimum atomic E-state index is -0.486. The summed E-state index contributed by atoms with van der Waals surface area (Å²) >= 11 is 0. The van der Waals surface area contributed by atoms with E-state index >= 15 is 0 Å². The monoisotopic (exact) mass is 294 g/mol. The third-order valence-corrected chi connectivity index (χ3v) is 3.25. The zero-order valence-electron chi connectivity index (χ0n) is 12.3. The molecule has 2 rings (SSSR count). The van der Waals surface area contributed by atoms with Crippen LogP contribution in [0, 0.1) is 0 Å². The Balaban J connectivity index is 1.87. The molecule has 112 valence electrons. The van der Waals surface area contributed by atoms with Gasteiger partial charge in [0.15, 0.2) is 5.78 Å². The molecular formula is C19H18O3. The predicted molar refractivity (Wildman–Crippen MR) is 85.5 cm³/mol. The highest BCUT2D eigenvalue weighted by molar-refractivity contribution is 5.97. The van der Waals surface area contributed by atoms with Crippen molar-refractivity contribution in [2.24, 2.45) is 0 Å². The quantitative estimate of drug-likeness (QED) is 0.438. The first-order chi connectivity index (χ1) is 10.7. The van der Waals surface area contributed by atoms with Gasteiger partial charge < -0.3 is 4.74 Å². The van der Waals surface area contributed by atoms with E-state index in [1.165, 1.54) is 0 Å². The van der Waals surface area contributed by atoms with Gasteiger partial charge >= 0.3 is 5.97 Å². The van der Waals surface area contributed by atoms with E-state index in [9.17, 15) is 9.59 Å². The van der Waals surface area contributed by atoms with Crippen molar-refractivity contribution >= 4 is 11.8 Å². The first-order valence-corrected chi connectivity index (χ1v) is 7.16. The van der Waals surface area contributed by atoms with E-state index in [-0.39, 0.29) is 18.6 Å². The van der Waals surface area contributed by atoms with E-state index in [2.05, 4.69) is 6.58 Å². The first-order valence-electron chi connectivity index (χ1n) is 7.16. The SMILES string of the molecule is C=CC(OC(=O)CCC(=O)c1ccccc1)c1ccccc1. The van der Waals surface area contributed by atoms with Gasteiger partial charge in [-0.2, -0.15) is 0 Å². The molecule has 1 atom stereocenters. The van der Waals surface area contributed by atoms with E-state index < -0.39 is 12.1 Å². The third-order valence-electron chi connectivity index (χ3n) is 3.25. The zero-order valence-corrected chi connectivity index (χ0v) is 12.3. The molecule has 0 heterocycles. The average Bonchev–Trinajstić information content (AvgIpc) is 2.59. The minimum absolute atomic E-state index is 0.0604. The van der Waals surface area contributed by atoms with Crippen LogP contribution in [0.4, 0.5) is 0 Å². The normalized spacial score (nSPS) is 11.5. The number of hydrogen-bond donors (Lipinski definition) is 0. The van der Waals surface area contributed by atoms with Crippen molar-refractivity contribution in [1.82, 2.24) is 0 Å². The minimum Gasteiger partial charge on any atom is -0.453 e. The van der Waals surface area contributed by atoms with Gasteiger partial charge in [0.1, 0.15) is 6.10 Å². The van der Waals surface area contributed by atoms with E-state index in [0.717, 1.165) is 5.56 Å². The van der Waals surface area contributed by atoms with Crippen LogP contribution in [0.15, 0.2) is 73.3 Å². The summed E-state index contributed by atoms with van der Waals surface area (Å²) in [6.45, 7) is 3.69. The van der Waals surface area contributed by atoms with Crippen LogP contribution in [0.2, 0.25) is 0 Å². The summed E-state index contributed by atoms with van der Waals surface area (Å²) < 4.78 is 5.36. The molecule has 0 aliphatic heterocycles. The molecule has 0 N–H and O–H groups in total. The zero-order chi connectivity index (χ0) is 15.8. The highest BCUT2D eigenvalue weighted by Gasteiger charge is 2.15. The standard InChI is InChI=1S/C19H18O3/c1-2-18(16-11-7-4-8-12-16)22-19(21)14-13-17(20)15-9-5-3-6-10-15/h2-12,18H,1,13-14H2. The lowest BCUT2D eigenvalue weighted by Crippen LogP contribution is -2.11. The number of rotatable bonds is 7. The van der Waals surface area contributed by atoms with Crippen molar-refractivity contribution in [3.05, 3.63) is 84.4 Å². The second-order valence-electron chi connectivity index (χ2n) is 4.85. The van der Waals surface area contributed by atoms with Gasteiger partial charge in [0, 0.05) is 12.0 Å². The maximum absolute atomic E-state index is 11.9. The Hall–Kier alpha value is -2.68. The summed E-state index contributed by atoms with van der Waals surface area (Å²) in [6.07, 6.45) is 1.29. The number of carbonyl (C=O) groups excluding carboxylic acids is 2. The molecule has 0 radical (unpaired) electrons. The predicted octanol–water partition coefficient (Wildman–Crippen LogP) is 4.12. The molecule has 0 bridgehead atoms.